The molecule has 2 rings (SSSR count). The van der Waals surface area contributed by atoms with E-state index in [-0.39, 0.29) is 11.2 Å². The average molecular weight is 222 g/mol. The number of imidazole rings is 1. The van der Waals surface area contributed by atoms with Crippen molar-refractivity contribution in [1.82, 2.24) is 19.1 Å². The molecule has 0 saturated carbocycles. The maximum Gasteiger partial charge on any atom is 0.332 e. The van der Waals surface area contributed by atoms with Crippen molar-refractivity contribution in [2.24, 2.45) is 0 Å². The van der Waals surface area contributed by atoms with Gasteiger partial charge < -0.3 is 4.98 Å². The van der Waals surface area contributed by atoms with E-state index in [1.807, 2.05) is 6.92 Å². The minimum atomic E-state index is -0.298. The minimum Gasteiger partial charge on any atom is -0.336 e. The predicted molar refractivity (Wildman–Crippen MR) is 60.7 cm³/mol. The number of nitrogens with one attached hydrogen (secondary N) is 1. The molecule has 6 nitrogen and oxygen atoms in total. The lowest BCUT2D eigenvalue weighted by atomic mass is 10.5. The third kappa shape index (κ3) is 1.30. The summed E-state index contributed by atoms with van der Waals surface area (Å²) in [4.78, 5) is 31.0. The Labute approximate surface area is 91.5 Å². The van der Waals surface area contributed by atoms with Gasteiger partial charge in [0, 0.05) is 13.1 Å². The molecule has 2 heterocycles. The highest BCUT2D eigenvalue weighted by Gasteiger charge is 2.13. The first-order valence-corrected chi connectivity index (χ1v) is 5.30. The van der Waals surface area contributed by atoms with Crippen LogP contribution in [0.1, 0.15) is 19.7 Å². The number of rotatable bonds is 2. The van der Waals surface area contributed by atoms with E-state index < -0.39 is 0 Å². The predicted octanol–water partition coefficient (Wildman–Crippen LogP) is 0.235. The first-order chi connectivity index (χ1) is 7.60. The standard InChI is InChI=1S/C10H14N4O2/c1-4-13-8-7(11-6(3)12-8)9(15)14(5-2)10(13)16/h4-5H2,1-3H3,(H,11,12). The fraction of sp³-hybridized carbons (Fsp3) is 0.500. The number of hydrogen-bond acceptors (Lipinski definition) is 3. The Morgan fingerprint density at radius 2 is 1.81 bits per heavy atom. The lowest BCUT2D eigenvalue weighted by molar-refractivity contribution is 0.605. The summed E-state index contributed by atoms with van der Waals surface area (Å²) < 4.78 is 2.72. The summed E-state index contributed by atoms with van der Waals surface area (Å²) in [5, 5.41) is 0. The summed E-state index contributed by atoms with van der Waals surface area (Å²) in [6.45, 7) is 6.26. The fourth-order valence-electron chi connectivity index (χ4n) is 1.85. The molecule has 0 spiro atoms. The van der Waals surface area contributed by atoms with E-state index in [9.17, 15) is 9.59 Å². The van der Waals surface area contributed by atoms with E-state index in [0.717, 1.165) is 0 Å². The molecule has 86 valence electrons. The Bertz CT molecular complexity index is 647. The Morgan fingerprint density at radius 3 is 2.38 bits per heavy atom. The highest BCUT2D eigenvalue weighted by atomic mass is 16.2. The first kappa shape index (κ1) is 10.7. The molecule has 0 radical (unpaired) electrons. The summed E-state index contributed by atoms with van der Waals surface area (Å²) in [5.41, 5.74) is 0.252. The van der Waals surface area contributed by atoms with Crippen LogP contribution in [-0.2, 0) is 13.1 Å². The van der Waals surface area contributed by atoms with Gasteiger partial charge in [-0.25, -0.2) is 9.78 Å². The van der Waals surface area contributed by atoms with Gasteiger partial charge in [-0.05, 0) is 20.8 Å². The number of aromatic nitrogens is 4. The van der Waals surface area contributed by atoms with E-state index in [0.29, 0.717) is 30.1 Å². The van der Waals surface area contributed by atoms with Crippen LogP contribution in [-0.4, -0.2) is 19.1 Å². The lowest BCUT2D eigenvalue weighted by Crippen LogP contribution is -2.39. The zero-order valence-corrected chi connectivity index (χ0v) is 9.57. The summed E-state index contributed by atoms with van der Waals surface area (Å²) >= 11 is 0. The lowest BCUT2D eigenvalue weighted by Gasteiger charge is -2.06. The topological polar surface area (TPSA) is 72.7 Å². The number of H-pyrrole nitrogens is 1. The number of aromatic amines is 1. The van der Waals surface area contributed by atoms with Crippen LogP contribution in [0.25, 0.3) is 11.2 Å². The van der Waals surface area contributed by atoms with E-state index in [1.54, 1.807) is 13.8 Å². The van der Waals surface area contributed by atoms with Crippen LogP contribution in [0.15, 0.2) is 9.59 Å². The second-order valence-corrected chi connectivity index (χ2v) is 3.60. The molecule has 2 aromatic rings. The molecule has 0 aliphatic rings. The summed E-state index contributed by atoms with van der Waals surface area (Å²) in [7, 11) is 0. The second-order valence-electron chi connectivity index (χ2n) is 3.60. The van der Waals surface area contributed by atoms with Crippen LogP contribution in [0.5, 0.6) is 0 Å². The highest BCUT2D eigenvalue weighted by Crippen LogP contribution is 2.04. The van der Waals surface area contributed by atoms with Gasteiger partial charge in [0.25, 0.3) is 5.56 Å². The molecule has 6 heteroatoms. The van der Waals surface area contributed by atoms with Crippen LogP contribution in [0, 0.1) is 6.92 Å². The van der Waals surface area contributed by atoms with Crippen LogP contribution >= 0.6 is 0 Å². The molecule has 0 amide bonds. The van der Waals surface area contributed by atoms with Crippen LogP contribution in [0.4, 0.5) is 0 Å². The minimum absolute atomic E-state index is 0.297. The zero-order valence-electron chi connectivity index (χ0n) is 9.57. The van der Waals surface area contributed by atoms with Crippen molar-refractivity contribution in [3.63, 3.8) is 0 Å². The highest BCUT2D eigenvalue weighted by molar-refractivity contribution is 5.69. The molecule has 0 aliphatic carbocycles. The quantitative estimate of drug-likeness (QED) is 0.790. The van der Waals surface area contributed by atoms with Crippen molar-refractivity contribution in [1.29, 1.82) is 0 Å². The molecule has 0 bridgehead atoms. The van der Waals surface area contributed by atoms with Gasteiger partial charge in [-0.3, -0.25) is 13.9 Å². The maximum absolute atomic E-state index is 11.9. The van der Waals surface area contributed by atoms with Crippen molar-refractivity contribution in [2.45, 2.75) is 33.9 Å². The number of hydrogen-bond donors (Lipinski definition) is 1. The largest absolute Gasteiger partial charge is 0.336 e. The Hall–Kier alpha value is -1.85. The summed E-state index contributed by atoms with van der Waals surface area (Å²) in [5.74, 6) is 0.641. The molecule has 0 atom stereocenters. The van der Waals surface area contributed by atoms with Gasteiger partial charge >= 0.3 is 5.69 Å². The third-order valence-corrected chi connectivity index (χ3v) is 2.61. The Morgan fingerprint density at radius 1 is 1.19 bits per heavy atom. The number of fused-ring (bicyclic) bond motifs is 1. The summed E-state index contributed by atoms with van der Waals surface area (Å²) in [6.07, 6.45) is 0. The van der Waals surface area contributed by atoms with Crippen LogP contribution in [0.3, 0.4) is 0 Å². The fourth-order valence-corrected chi connectivity index (χ4v) is 1.85. The molecule has 2 aromatic heterocycles. The van der Waals surface area contributed by atoms with E-state index >= 15 is 0 Å². The van der Waals surface area contributed by atoms with Crippen molar-refractivity contribution >= 4 is 11.2 Å². The molecule has 0 saturated heterocycles. The number of aryl methyl sites for hydroxylation is 2. The second kappa shape index (κ2) is 3.62. The Kier molecular flexibility index (Phi) is 2.41. The monoisotopic (exact) mass is 222 g/mol. The van der Waals surface area contributed by atoms with Gasteiger partial charge in [-0.15, -0.1) is 0 Å². The smallest absolute Gasteiger partial charge is 0.332 e. The van der Waals surface area contributed by atoms with Crippen LogP contribution < -0.4 is 11.2 Å². The third-order valence-electron chi connectivity index (χ3n) is 2.61. The molecule has 0 fully saturated rings. The Balaban J connectivity index is 3.05. The van der Waals surface area contributed by atoms with Gasteiger partial charge in [0.2, 0.25) is 0 Å². The summed E-state index contributed by atoms with van der Waals surface area (Å²) in [6, 6.07) is 0. The van der Waals surface area contributed by atoms with Crippen molar-refractivity contribution in [3.05, 3.63) is 26.7 Å². The molecular weight excluding hydrogens is 208 g/mol. The molecule has 1 N–H and O–H groups in total. The molecule has 0 aliphatic heterocycles. The van der Waals surface area contributed by atoms with Gasteiger partial charge in [-0.2, -0.15) is 0 Å². The van der Waals surface area contributed by atoms with Gasteiger partial charge in [0.1, 0.15) is 11.3 Å². The van der Waals surface area contributed by atoms with Crippen molar-refractivity contribution in [2.75, 3.05) is 0 Å². The normalized spacial score (nSPS) is 11.2. The van der Waals surface area contributed by atoms with E-state index in [2.05, 4.69) is 9.97 Å². The molecule has 16 heavy (non-hydrogen) atoms. The van der Waals surface area contributed by atoms with Crippen molar-refractivity contribution < 1.29 is 0 Å². The van der Waals surface area contributed by atoms with Gasteiger partial charge in [0.15, 0.2) is 5.65 Å². The average Bonchev–Trinajstić information content (AvgIpc) is 2.62. The maximum atomic E-state index is 11.9. The first-order valence-electron chi connectivity index (χ1n) is 5.30. The van der Waals surface area contributed by atoms with E-state index in [4.69, 9.17) is 0 Å². The number of nitrogens with zero attached hydrogens (tertiary/aromatic N) is 3. The van der Waals surface area contributed by atoms with Gasteiger partial charge in [0.05, 0.1) is 0 Å². The van der Waals surface area contributed by atoms with Crippen molar-refractivity contribution in [3.8, 4) is 0 Å². The van der Waals surface area contributed by atoms with Gasteiger partial charge in [-0.1, -0.05) is 0 Å². The zero-order chi connectivity index (χ0) is 11.9. The SMILES string of the molecule is CCn1c(=O)c2[nH]c(C)nc2n(CC)c1=O. The molecular formula is C10H14N4O2. The molecule has 0 aromatic carbocycles. The molecule has 0 unspecified atom stereocenters. The van der Waals surface area contributed by atoms with E-state index in [1.165, 1.54) is 9.13 Å². The van der Waals surface area contributed by atoms with Crippen LogP contribution in [0.2, 0.25) is 0 Å².